The fourth-order valence-corrected chi connectivity index (χ4v) is 4.20. The van der Waals surface area contributed by atoms with Crippen molar-refractivity contribution in [1.82, 2.24) is 0 Å². The van der Waals surface area contributed by atoms with Crippen molar-refractivity contribution in [1.29, 1.82) is 0 Å². The predicted molar refractivity (Wildman–Crippen MR) is 123 cm³/mol. The molecular weight excluding hydrogens is 398 g/mol. The molecule has 0 fully saturated rings. The summed E-state index contributed by atoms with van der Waals surface area (Å²) in [7, 11) is -1.43. The Kier molecular flexibility index (Phi) is 6.74. The highest BCUT2D eigenvalue weighted by Gasteiger charge is 2.15. The van der Waals surface area contributed by atoms with Crippen LogP contribution in [0.1, 0.15) is 23.7 Å². The van der Waals surface area contributed by atoms with Crippen LogP contribution in [0.5, 0.6) is 0 Å². The topological polar surface area (TPSA) is 78.5 Å². The highest BCUT2D eigenvalue weighted by Crippen LogP contribution is 2.27. The molecule has 7 heteroatoms. The highest BCUT2D eigenvalue weighted by molar-refractivity contribution is 7.92. The van der Waals surface area contributed by atoms with Crippen molar-refractivity contribution in [3.05, 3.63) is 84.4 Å². The van der Waals surface area contributed by atoms with Gasteiger partial charge in [-0.25, -0.2) is 8.42 Å². The summed E-state index contributed by atoms with van der Waals surface area (Å²) in [5.74, 6) is -0.176. The number of carbonyl (C=O) groups is 1. The largest absolute Gasteiger partial charge is 0.344 e. The summed E-state index contributed by atoms with van der Waals surface area (Å²) in [5, 5.41) is 2.88. The number of hydrogen-bond acceptors (Lipinski definition) is 4. The summed E-state index contributed by atoms with van der Waals surface area (Å²) in [6.45, 7) is 1.81. The molecule has 3 aromatic rings. The number of amides is 1. The minimum atomic E-state index is -3.35. The second-order valence-electron chi connectivity index (χ2n) is 6.86. The number of para-hydroxylation sites is 2. The van der Waals surface area contributed by atoms with Crippen LogP contribution < -0.4 is 14.9 Å². The molecule has 0 bridgehead atoms. The van der Waals surface area contributed by atoms with Gasteiger partial charge in [0.15, 0.2) is 0 Å². The molecule has 6 nitrogen and oxygen atoms in total. The van der Waals surface area contributed by atoms with E-state index in [2.05, 4.69) is 10.0 Å². The van der Waals surface area contributed by atoms with E-state index in [0.717, 1.165) is 11.4 Å². The maximum atomic E-state index is 12.9. The molecule has 0 unspecified atom stereocenters. The van der Waals surface area contributed by atoms with Gasteiger partial charge in [-0.15, -0.1) is 0 Å². The Morgan fingerprint density at radius 3 is 2.13 bits per heavy atom. The summed E-state index contributed by atoms with van der Waals surface area (Å²) in [6.07, 6.45) is 0.542. The van der Waals surface area contributed by atoms with Crippen molar-refractivity contribution in [2.75, 3.05) is 27.7 Å². The molecule has 0 radical (unpaired) electrons. The fraction of sp³-hybridized carbons (Fsp3) is 0.174. The molecule has 0 saturated carbocycles. The predicted octanol–water partition coefficient (Wildman–Crippen LogP) is 4.86. The lowest BCUT2D eigenvalue weighted by molar-refractivity contribution is 0.102. The van der Waals surface area contributed by atoms with Crippen molar-refractivity contribution in [2.24, 2.45) is 0 Å². The average molecular weight is 424 g/mol. The second kappa shape index (κ2) is 9.45. The summed E-state index contributed by atoms with van der Waals surface area (Å²) in [4.78, 5) is 14.9. The lowest BCUT2D eigenvalue weighted by atomic mass is 10.1. The highest BCUT2D eigenvalue weighted by atomic mass is 32.2. The van der Waals surface area contributed by atoms with Gasteiger partial charge in [-0.2, -0.15) is 0 Å². The molecule has 30 heavy (non-hydrogen) atoms. The first-order valence-electron chi connectivity index (χ1n) is 9.69. The van der Waals surface area contributed by atoms with Crippen LogP contribution >= 0.6 is 0 Å². The van der Waals surface area contributed by atoms with Gasteiger partial charge in [-0.05, 0) is 55.0 Å². The van der Waals surface area contributed by atoms with Crippen molar-refractivity contribution < 1.29 is 13.2 Å². The molecule has 0 aliphatic rings. The van der Waals surface area contributed by atoms with E-state index in [9.17, 15) is 13.2 Å². The molecule has 3 aromatic carbocycles. The van der Waals surface area contributed by atoms with Crippen molar-refractivity contribution >= 4 is 38.7 Å². The normalized spacial score (nSPS) is 11.0. The summed E-state index contributed by atoms with van der Waals surface area (Å²) in [6, 6.07) is 23.8. The van der Waals surface area contributed by atoms with Gasteiger partial charge in [0.25, 0.3) is 5.91 Å². The Balaban J connectivity index is 1.75. The van der Waals surface area contributed by atoms with Gasteiger partial charge in [-0.1, -0.05) is 37.3 Å². The minimum absolute atomic E-state index is 0.0667. The van der Waals surface area contributed by atoms with Crippen LogP contribution in [0.3, 0.4) is 0 Å². The Bertz CT molecular complexity index is 1100. The van der Waals surface area contributed by atoms with Crippen LogP contribution in [0, 0.1) is 0 Å². The fourth-order valence-electron chi connectivity index (χ4n) is 3.07. The number of anilines is 4. The standard InChI is InChI=1S/C23H25N3O3S/c1-3-17-30(28,29)25-19-15-13-18(14-16-19)24-23(27)21-11-7-8-12-22(21)26(2)20-9-5-4-6-10-20/h4-16,25H,3,17H2,1-2H3,(H,24,27). The number of rotatable bonds is 8. The number of nitrogens with one attached hydrogen (secondary N) is 2. The molecule has 2 N–H and O–H groups in total. The van der Waals surface area contributed by atoms with E-state index >= 15 is 0 Å². The molecular formula is C23H25N3O3S. The smallest absolute Gasteiger partial charge is 0.257 e. The minimum Gasteiger partial charge on any atom is -0.344 e. The summed E-state index contributed by atoms with van der Waals surface area (Å²) in [5.41, 5.74) is 3.34. The van der Waals surface area contributed by atoms with Crippen LogP contribution in [0.4, 0.5) is 22.7 Å². The lowest BCUT2D eigenvalue weighted by Crippen LogP contribution is -2.18. The quantitative estimate of drug-likeness (QED) is 0.542. The van der Waals surface area contributed by atoms with E-state index in [1.54, 1.807) is 30.3 Å². The molecule has 0 atom stereocenters. The Labute approximate surface area is 177 Å². The monoisotopic (exact) mass is 423 g/mol. The van der Waals surface area contributed by atoms with Gasteiger partial charge >= 0.3 is 0 Å². The number of benzene rings is 3. The molecule has 0 saturated heterocycles. The van der Waals surface area contributed by atoms with Gasteiger partial charge in [0.05, 0.1) is 17.0 Å². The van der Waals surface area contributed by atoms with Crippen molar-refractivity contribution in [3.8, 4) is 0 Å². The Morgan fingerprint density at radius 2 is 1.47 bits per heavy atom. The van der Waals surface area contributed by atoms with Gasteiger partial charge in [0.1, 0.15) is 0 Å². The zero-order valence-corrected chi connectivity index (χ0v) is 17.8. The zero-order chi connectivity index (χ0) is 21.6. The average Bonchev–Trinajstić information content (AvgIpc) is 2.75. The van der Waals surface area contributed by atoms with E-state index in [4.69, 9.17) is 0 Å². The Morgan fingerprint density at radius 1 is 0.867 bits per heavy atom. The molecule has 156 valence electrons. The molecule has 1 amide bonds. The van der Waals surface area contributed by atoms with Gasteiger partial charge < -0.3 is 10.2 Å². The first-order chi connectivity index (χ1) is 14.4. The van der Waals surface area contributed by atoms with Crippen LogP contribution in [-0.4, -0.2) is 27.1 Å². The third-order valence-corrected chi connectivity index (χ3v) is 6.03. The van der Waals surface area contributed by atoms with E-state index in [0.29, 0.717) is 23.4 Å². The SMILES string of the molecule is CCCS(=O)(=O)Nc1ccc(NC(=O)c2ccccc2N(C)c2ccccc2)cc1. The van der Waals surface area contributed by atoms with Crippen LogP contribution in [0.15, 0.2) is 78.9 Å². The van der Waals surface area contributed by atoms with E-state index in [1.807, 2.05) is 67.4 Å². The first kappa shape index (κ1) is 21.4. The van der Waals surface area contributed by atoms with Crippen LogP contribution in [0.25, 0.3) is 0 Å². The number of carbonyl (C=O) groups excluding carboxylic acids is 1. The molecule has 0 heterocycles. The van der Waals surface area contributed by atoms with Gasteiger partial charge in [-0.3, -0.25) is 9.52 Å². The molecule has 0 aliphatic heterocycles. The maximum absolute atomic E-state index is 12.9. The number of sulfonamides is 1. The third-order valence-electron chi connectivity index (χ3n) is 4.54. The lowest BCUT2D eigenvalue weighted by Gasteiger charge is -2.22. The van der Waals surface area contributed by atoms with Crippen molar-refractivity contribution in [3.63, 3.8) is 0 Å². The Hall–Kier alpha value is -3.32. The third kappa shape index (κ3) is 5.39. The molecule has 0 spiro atoms. The van der Waals surface area contributed by atoms with Gasteiger partial charge in [0.2, 0.25) is 10.0 Å². The van der Waals surface area contributed by atoms with Crippen LogP contribution in [0.2, 0.25) is 0 Å². The number of hydrogen-bond donors (Lipinski definition) is 2. The van der Waals surface area contributed by atoms with E-state index in [-0.39, 0.29) is 11.7 Å². The summed E-state index contributed by atoms with van der Waals surface area (Å²) < 4.78 is 26.3. The molecule has 0 aliphatic carbocycles. The zero-order valence-electron chi connectivity index (χ0n) is 17.0. The van der Waals surface area contributed by atoms with E-state index in [1.165, 1.54) is 0 Å². The molecule has 3 rings (SSSR count). The van der Waals surface area contributed by atoms with Gasteiger partial charge in [0, 0.05) is 24.1 Å². The van der Waals surface area contributed by atoms with Crippen molar-refractivity contribution in [2.45, 2.75) is 13.3 Å². The first-order valence-corrected chi connectivity index (χ1v) is 11.3. The van der Waals surface area contributed by atoms with E-state index < -0.39 is 10.0 Å². The second-order valence-corrected chi connectivity index (χ2v) is 8.71. The maximum Gasteiger partial charge on any atom is 0.257 e. The molecule has 0 aromatic heterocycles. The summed E-state index contributed by atoms with van der Waals surface area (Å²) >= 11 is 0. The number of nitrogens with zero attached hydrogens (tertiary/aromatic N) is 1. The van der Waals surface area contributed by atoms with Crippen LogP contribution in [-0.2, 0) is 10.0 Å².